The molecule has 0 spiro atoms. The van der Waals surface area contributed by atoms with Crippen molar-refractivity contribution in [2.45, 2.75) is 13.0 Å². The third-order valence-corrected chi connectivity index (χ3v) is 3.73. The van der Waals surface area contributed by atoms with E-state index in [1.807, 2.05) is 0 Å². The Kier molecular flexibility index (Phi) is 3.75. The maximum absolute atomic E-state index is 14.4. The van der Waals surface area contributed by atoms with E-state index in [9.17, 15) is 13.2 Å². The van der Waals surface area contributed by atoms with Crippen molar-refractivity contribution in [2.24, 2.45) is 0 Å². The predicted molar refractivity (Wildman–Crippen MR) is 83.5 cm³/mol. The highest BCUT2D eigenvalue weighted by atomic mass is 19.3. The zero-order chi connectivity index (χ0) is 18.3. The summed E-state index contributed by atoms with van der Waals surface area (Å²) in [5, 5.41) is 14.4. The number of halogens is 3. The molecule has 0 bridgehead atoms. The molecular weight excluding hydrogens is 351 g/mol. The van der Waals surface area contributed by atoms with E-state index in [1.165, 1.54) is 22.8 Å². The number of fused-ring (bicyclic) bond motifs is 1. The van der Waals surface area contributed by atoms with Crippen LogP contribution in [0.2, 0.25) is 0 Å². The van der Waals surface area contributed by atoms with Gasteiger partial charge in [-0.15, -0.1) is 5.10 Å². The topological polar surface area (TPSA) is 109 Å². The molecule has 1 aromatic carbocycles. The Bertz CT molecular complexity index is 1070. The first kappa shape index (κ1) is 16.0. The van der Waals surface area contributed by atoms with Crippen LogP contribution in [0.1, 0.15) is 17.8 Å². The summed E-state index contributed by atoms with van der Waals surface area (Å²) in [7, 11) is 0. The standard InChI is InChI=1S/C15H10F3N7O/c16-8-2-1-3-9-12(8)25(15(20-9)11-14(19)24-26-23-11)6-7-4-5-10(13(17)18)22-21-7/h1-5,13H,6H2,(H2,19,24). The predicted octanol–water partition coefficient (Wildman–Crippen LogP) is 2.58. The summed E-state index contributed by atoms with van der Waals surface area (Å²) < 4.78 is 45.7. The lowest BCUT2D eigenvalue weighted by atomic mass is 10.3. The summed E-state index contributed by atoms with van der Waals surface area (Å²) in [6.45, 7) is 0.00951. The van der Waals surface area contributed by atoms with Crippen molar-refractivity contribution in [2.75, 3.05) is 5.73 Å². The fourth-order valence-corrected chi connectivity index (χ4v) is 2.56. The molecule has 11 heteroatoms. The smallest absolute Gasteiger partial charge is 0.282 e. The van der Waals surface area contributed by atoms with Crippen LogP contribution in [-0.4, -0.2) is 30.1 Å². The first-order valence-electron chi connectivity index (χ1n) is 7.38. The average molecular weight is 361 g/mol. The molecule has 0 aliphatic heterocycles. The van der Waals surface area contributed by atoms with Crippen molar-refractivity contribution in [3.63, 3.8) is 0 Å². The summed E-state index contributed by atoms with van der Waals surface area (Å²) in [6, 6.07) is 6.96. The van der Waals surface area contributed by atoms with Crippen molar-refractivity contribution in [1.82, 2.24) is 30.1 Å². The fourth-order valence-electron chi connectivity index (χ4n) is 2.56. The van der Waals surface area contributed by atoms with E-state index >= 15 is 0 Å². The second-order valence-corrected chi connectivity index (χ2v) is 5.38. The van der Waals surface area contributed by atoms with Crippen LogP contribution in [-0.2, 0) is 6.54 Å². The number of para-hydroxylation sites is 1. The van der Waals surface area contributed by atoms with Crippen molar-refractivity contribution >= 4 is 16.9 Å². The van der Waals surface area contributed by atoms with Crippen LogP contribution in [0.3, 0.4) is 0 Å². The molecule has 26 heavy (non-hydrogen) atoms. The molecule has 0 fully saturated rings. The van der Waals surface area contributed by atoms with Crippen molar-refractivity contribution < 1.29 is 17.8 Å². The molecule has 0 aliphatic rings. The average Bonchev–Trinajstić information content (AvgIpc) is 3.19. The Balaban J connectivity index is 1.86. The largest absolute Gasteiger partial charge is 0.379 e. The number of alkyl halides is 2. The molecule has 8 nitrogen and oxygen atoms in total. The van der Waals surface area contributed by atoms with Crippen LogP contribution < -0.4 is 5.73 Å². The van der Waals surface area contributed by atoms with E-state index in [4.69, 9.17) is 5.73 Å². The van der Waals surface area contributed by atoms with Crippen molar-refractivity contribution in [1.29, 1.82) is 0 Å². The van der Waals surface area contributed by atoms with E-state index in [1.54, 1.807) is 6.07 Å². The van der Waals surface area contributed by atoms with Gasteiger partial charge in [-0.25, -0.2) is 22.8 Å². The summed E-state index contributed by atoms with van der Waals surface area (Å²) in [6.07, 6.45) is -2.72. The maximum Gasteiger partial charge on any atom is 0.282 e. The van der Waals surface area contributed by atoms with E-state index in [-0.39, 0.29) is 29.4 Å². The second-order valence-electron chi connectivity index (χ2n) is 5.38. The SMILES string of the molecule is Nc1nonc1-c1nc2cccc(F)c2n1Cc1ccc(C(F)F)nn1. The molecule has 3 heterocycles. The Morgan fingerprint density at radius 3 is 2.62 bits per heavy atom. The monoisotopic (exact) mass is 361 g/mol. The molecule has 0 atom stereocenters. The molecule has 0 saturated carbocycles. The molecule has 4 rings (SSSR count). The van der Waals surface area contributed by atoms with Gasteiger partial charge >= 0.3 is 0 Å². The summed E-state index contributed by atoms with van der Waals surface area (Å²) in [5.74, 6) is -0.321. The Morgan fingerprint density at radius 1 is 1.12 bits per heavy atom. The van der Waals surface area contributed by atoms with E-state index < -0.39 is 17.9 Å². The lowest BCUT2D eigenvalue weighted by Crippen LogP contribution is -2.07. The van der Waals surface area contributed by atoms with Gasteiger partial charge in [-0.3, -0.25) is 0 Å². The Hall–Kier alpha value is -3.50. The zero-order valence-corrected chi connectivity index (χ0v) is 13.0. The van der Waals surface area contributed by atoms with Crippen molar-refractivity contribution in [3.05, 3.63) is 47.5 Å². The number of rotatable bonds is 4. The lowest BCUT2D eigenvalue weighted by molar-refractivity contribution is 0.144. The molecule has 0 radical (unpaired) electrons. The van der Waals surface area contributed by atoms with E-state index in [0.717, 1.165) is 6.07 Å². The summed E-state index contributed by atoms with van der Waals surface area (Å²) in [5.41, 5.74) is 6.29. The molecule has 2 N–H and O–H groups in total. The van der Waals surface area contributed by atoms with Crippen LogP contribution in [0.15, 0.2) is 35.0 Å². The first-order valence-corrected chi connectivity index (χ1v) is 7.38. The molecular formula is C15H10F3N7O. The highest BCUT2D eigenvalue weighted by Gasteiger charge is 2.21. The number of imidazole rings is 1. The van der Waals surface area contributed by atoms with Gasteiger partial charge in [-0.2, -0.15) is 5.10 Å². The maximum atomic E-state index is 14.4. The van der Waals surface area contributed by atoms with E-state index in [0.29, 0.717) is 11.2 Å². The minimum Gasteiger partial charge on any atom is -0.379 e. The summed E-state index contributed by atoms with van der Waals surface area (Å²) >= 11 is 0. The molecule has 4 aromatic rings. The highest BCUT2D eigenvalue weighted by molar-refractivity contribution is 5.82. The molecule has 0 unspecified atom stereocenters. The van der Waals surface area contributed by atoms with E-state index in [2.05, 4.69) is 30.1 Å². The molecule has 0 amide bonds. The molecule has 0 aliphatic carbocycles. The normalized spacial score (nSPS) is 11.5. The number of benzene rings is 1. The molecule has 0 saturated heterocycles. The first-order chi connectivity index (χ1) is 12.5. The van der Waals surface area contributed by atoms with Gasteiger partial charge in [0.15, 0.2) is 17.3 Å². The third kappa shape index (κ3) is 2.62. The van der Waals surface area contributed by atoms with Gasteiger partial charge in [0.1, 0.15) is 17.0 Å². The third-order valence-electron chi connectivity index (χ3n) is 3.73. The number of nitrogen functional groups attached to an aromatic ring is 1. The number of nitrogens with two attached hydrogens (primary N) is 1. The number of nitrogens with zero attached hydrogens (tertiary/aromatic N) is 6. The molecule has 3 aromatic heterocycles. The van der Waals surface area contributed by atoms with Crippen molar-refractivity contribution in [3.8, 4) is 11.5 Å². The van der Waals surface area contributed by atoms with Gasteiger partial charge in [0.05, 0.1) is 17.8 Å². The number of aromatic nitrogens is 6. The quantitative estimate of drug-likeness (QED) is 0.595. The van der Waals surface area contributed by atoms with Crippen LogP contribution in [0.5, 0.6) is 0 Å². The van der Waals surface area contributed by atoms with Crippen LogP contribution in [0.4, 0.5) is 19.0 Å². The summed E-state index contributed by atoms with van der Waals surface area (Å²) in [4.78, 5) is 4.33. The zero-order valence-electron chi connectivity index (χ0n) is 13.0. The molecule has 132 valence electrons. The van der Waals surface area contributed by atoms with Gasteiger partial charge in [0, 0.05) is 0 Å². The van der Waals surface area contributed by atoms with Crippen LogP contribution in [0, 0.1) is 5.82 Å². The number of hydrogen-bond acceptors (Lipinski definition) is 7. The second kappa shape index (κ2) is 6.10. The van der Waals surface area contributed by atoms with Gasteiger partial charge in [-0.1, -0.05) is 6.07 Å². The number of anilines is 1. The van der Waals surface area contributed by atoms with Gasteiger partial charge < -0.3 is 10.3 Å². The van der Waals surface area contributed by atoms with Crippen LogP contribution >= 0.6 is 0 Å². The number of hydrogen-bond donors (Lipinski definition) is 1. The minimum absolute atomic E-state index is 0.00951. The fraction of sp³-hybridized carbons (Fsp3) is 0.133. The Labute approximate surface area is 143 Å². The van der Waals surface area contributed by atoms with Gasteiger partial charge in [-0.05, 0) is 34.6 Å². The lowest BCUT2D eigenvalue weighted by Gasteiger charge is -2.08. The van der Waals surface area contributed by atoms with Gasteiger partial charge in [0.2, 0.25) is 0 Å². The minimum atomic E-state index is -2.72. The van der Waals surface area contributed by atoms with Crippen LogP contribution in [0.25, 0.3) is 22.6 Å². The van der Waals surface area contributed by atoms with Gasteiger partial charge in [0.25, 0.3) is 6.43 Å². The highest BCUT2D eigenvalue weighted by Crippen LogP contribution is 2.28. The Morgan fingerprint density at radius 2 is 1.96 bits per heavy atom.